The minimum Gasteiger partial charge on any atom is -0.291 e. The van der Waals surface area contributed by atoms with Gasteiger partial charge >= 0.3 is 0 Å². The predicted molar refractivity (Wildman–Crippen MR) is 128 cm³/mol. The minimum absolute atomic E-state index is 0.0413. The van der Waals surface area contributed by atoms with Gasteiger partial charge in [0.1, 0.15) is 17.5 Å². The van der Waals surface area contributed by atoms with E-state index in [0.717, 1.165) is 5.69 Å². The van der Waals surface area contributed by atoms with Crippen LogP contribution in [0, 0.1) is 17.5 Å². The summed E-state index contributed by atoms with van der Waals surface area (Å²) in [5, 5.41) is 0.942. The first-order chi connectivity index (χ1) is 15.7. The molecule has 0 N–H and O–H groups in total. The lowest BCUT2D eigenvalue weighted by molar-refractivity contribution is 0.575. The maximum Gasteiger partial charge on any atom is 0.173 e. The van der Waals surface area contributed by atoms with Crippen molar-refractivity contribution < 1.29 is 13.2 Å². The fraction of sp³-hybridized carbons (Fsp3) is 0.160. The molecule has 0 spiro atoms. The average molecular weight is 507 g/mol. The smallest absolute Gasteiger partial charge is 0.173 e. The van der Waals surface area contributed by atoms with Gasteiger partial charge in [-0.05, 0) is 54.1 Å². The van der Waals surface area contributed by atoms with Crippen molar-refractivity contribution in [2.75, 3.05) is 0 Å². The summed E-state index contributed by atoms with van der Waals surface area (Å²) < 4.78 is 44.0. The molecule has 0 aliphatic carbocycles. The number of hydrogen-bond donors (Lipinski definition) is 0. The van der Waals surface area contributed by atoms with Gasteiger partial charge in [-0.2, -0.15) is 0 Å². The molecule has 1 aromatic heterocycles. The van der Waals surface area contributed by atoms with E-state index in [2.05, 4.69) is 4.98 Å². The Kier molecular flexibility index (Phi) is 6.80. The van der Waals surface area contributed by atoms with E-state index in [9.17, 15) is 13.2 Å². The average Bonchev–Trinajstić information content (AvgIpc) is 3.20. The quantitative estimate of drug-likeness (QED) is 0.245. The van der Waals surface area contributed by atoms with Gasteiger partial charge in [0.25, 0.3) is 0 Å². The van der Waals surface area contributed by atoms with Gasteiger partial charge in [-0.15, -0.1) is 0 Å². The summed E-state index contributed by atoms with van der Waals surface area (Å²) in [5.41, 5.74) is 1.81. The zero-order valence-corrected chi connectivity index (χ0v) is 20.1. The molecule has 0 amide bonds. The lowest BCUT2D eigenvalue weighted by Gasteiger charge is -2.27. The van der Waals surface area contributed by atoms with Gasteiger partial charge in [-0.25, -0.2) is 18.2 Å². The lowest BCUT2D eigenvalue weighted by Crippen LogP contribution is -2.23. The third-order valence-electron chi connectivity index (χ3n) is 5.50. The van der Waals surface area contributed by atoms with Gasteiger partial charge in [-0.3, -0.25) is 4.57 Å². The number of aromatic nitrogens is 2. The molecule has 3 aromatic carbocycles. The third kappa shape index (κ3) is 4.79. The van der Waals surface area contributed by atoms with E-state index in [4.69, 9.17) is 23.2 Å². The first-order valence-electron chi connectivity index (χ1n) is 10.0. The van der Waals surface area contributed by atoms with E-state index in [0.29, 0.717) is 27.0 Å². The van der Waals surface area contributed by atoms with Gasteiger partial charge in [0, 0.05) is 27.4 Å². The van der Waals surface area contributed by atoms with Crippen molar-refractivity contribution in [1.82, 2.24) is 9.55 Å². The van der Waals surface area contributed by atoms with Gasteiger partial charge < -0.3 is 0 Å². The lowest BCUT2D eigenvalue weighted by atomic mass is 9.81. The molecule has 2 nitrogen and oxygen atoms in total. The molecular formula is C25H19Cl2F3N2S. The molecule has 0 saturated carbocycles. The largest absolute Gasteiger partial charge is 0.291 e. The molecule has 1 heterocycles. The Labute approximate surface area is 204 Å². The fourth-order valence-electron chi connectivity index (χ4n) is 3.56. The summed E-state index contributed by atoms with van der Waals surface area (Å²) in [6, 6.07) is 15.2. The van der Waals surface area contributed by atoms with Crippen LogP contribution in [0.3, 0.4) is 0 Å². The van der Waals surface area contributed by atoms with Crippen LogP contribution in [0.4, 0.5) is 13.2 Å². The first kappa shape index (κ1) is 23.7. The van der Waals surface area contributed by atoms with Crippen molar-refractivity contribution in [1.29, 1.82) is 0 Å². The monoisotopic (exact) mass is 506 g/mol. The van der Waals surface area contributed by atoms with Crippen LogP contribution in [0.15, 0.2) is 72.0 Å². The molecule has 33 heavy (non-hydrogen) atoms. The summed E-state index contributed by atoms with van der Waals surface area (Å²) in [6.07, 6.45) is 1.70. The van der Waals surface area contributed by atoms with Crippen molar-refractivity contribution >= 4 is 35.0 Å². The highest BCUT2D eigenvalue weighted by Crippen LogP contribution is 2.38. The SMILES string of the molecule is CC(C)(c1ccc(Cl)c(F)c1)c1cnc(SCc2c(F)cccc2Cl)n1-c1ccc(F)cc1. The van der Waals surface area contributed by atoms with Gasteiger partial charge in [0.05, 0.1) is 16.9 Å². The predicted octanol–water partition coefficient (Wildman–Crippen LogP) is 8.21. The Balaban J connectivity index is 1.80. The van der Waals surface area contributed by atoms with Crippen LogP contribution in [-0.4, -0.2) is 9.55 Å². The molecule has 4 aromatic rings. The summed E-state index contributed by atoms with van der Waals surface area (Å²) in [6.45, 7) is 3.88. The summed E-state index contributed by atoms with van der Waals surface area (Å²) >= 11 is 13.4. The molecule has 4 rings (SSSR count). The van der Waals surface area contributed by atoms with Crippen molar-refractivity contribution in [3.8, 4) is 5.69 Å². The normalized spacial score (nSPS) is 11.7. The Bertz CT molecular complexity index is 1280. The molecule has 0 aliphatic heterocycles. The van der Waals surface area contributed by atoms with E-state index in [1.165, 1.54) is 42.1 Å². The van der Waals surface area contributed by atoms with Crippen LogP contribution in [0.25, 0.3) is 5.69 Å². The molecule has 170 valence electrons. The molecule has 0 saturated heterocycles. The highest BCUT2D eigenvalue weighted by atomic mass is 35.5. The first-order valence-corrected chi connectivity index (χ1v) is 11.8. The highest BCUT2D eigenvalue weighted by molar-refractivity contribution is 7.98. The molecule has 0 fully saturated rings. The molecule has 0 aliphatic rings. The Morgan fingerprint density at radius 3 is 2.30 bits per heavy atom. The van der Waals surface area contributed by atoms with Gasteiger partial charge in [-0.1, -0.05) is 60.9 Å². The van der Waals surface area contributed by atoms with Crippen LogP contribution in [0.2, 0.25) is 10.0 Å². The number of thioether (sulfide) groups is 1. The Hall–Kier alpha value is -2.41. The summed E-state index contributed by atoms with van der Waals surface area (Å²) in [5.74, 6) is -1.03. The van der Waals surface area contributed by atoms with E-state index in [1.807, 2.05) is 18.4 Å². The molecule has 0 atom stereocenters. The summed E-state index contributed by atoms with van der Waals surface area (Å²) in [7, 11) is 0. The van der Waals surface area contributed by atoms with E-state index < -0.39 is 17.0 Å². The topological polar surface area (TPSA) is 17.8 Å². The highest BCUT2D eigenvalue weighted by Gasteiger charge is 2.30. The van der Waals surface area contributed by atoms with Crippen LogP contribution in [0.1, 0.15) is 30.7 Å². The van der Waals surface area contributed by atoms with Crippen molar-refractivity contribution in [3.05, 3.63) is 111 Å². The Morgan fingerprint density at radius 2 is 1.64 bits per heavy atom. The van der Waals surface area contributed by atoms with Gasteiger partial charge in [0.15, 0.2) is 5.16 Å². The number of rotatable bonds is 6. The van der Waals surface area contributed by atoms with Crippen LogP contribution < -0.4 is 0 Å². The second-order valence-electron chi connectivity index (χ2n) is 7.98. The zero-order chi connectivity index (χ0) is 23.8. The van der Waals surface area contributed by atoms with Crippen LogP contribution in [0.5, 0.6) is 0 Å². The van der Waals surface area contributed by atoms with Crippen molar-refractivity contribution in [3.63, 3.8) is 0 Å². The second-order valence-corrected chi connectivity index (χ2v) is 9.74. The van der Waals surface area contributed by atoms with Crippen LogP contribution >= 0.6 is 35.0 Å². The number of nitrogens with zero attached hydrogens (tertiary/aromatic N) is 2. The van der Waals surface area contributed by atoms with Gasteiger partial charge in [0.2, 0.25) is 0 Å². The van der Waals surface area contributed by atoms with E-state index in [1.54, 1.807) is 36.5 Å². The van der Waals surface area contributed by atoms with E-state index >= 15 is 0 Å². The number of benzene rings is 3. The van der Waals surface area contributed by atoms with Crippen LogP contribution in [-0.2, 0) is 11.2 Å². The standard InChI is InChI=1S/C25H19Cl2F3N2S/c1-25(2,15-6-11-20(27)22(30)12-15)23-13-31-24(32(23)17-9-7-16(28)8-10-17)33-14-18-19(26)4-3-5-21(18)29/h3-13H,14H2,1-2H3. The minimum atomic E-state index is -0.679. The Morgan fingerprint density at radius 1 is 0.909 bits per heavy atom. The third-order valence-corrected chi connectivity index (χ3v) is 7.14. The van der Waals surface area contributed by atoms with E-state index in [-0.39, 0.29) is 16.6 Å². The summed E-state index contributed by atoms with van der Waals surface area (Å²) in [4.78, 5) is 4.57. The number of halogens is 5. The molecular weight excluding hydrogens is 488 g/mol. The number of imidazole rings is 1. The van der Waals surface area contributed by atoms with Crippen molar-refractivity contribution in [2.45, 2.75) is 30.2 Å². The molecule has 8 heteroatoms. The molecule has 0 unspecified atom stereocenters. The number of hydrogen-bond acceptors (Lipinski definition) is 2. The zero-order valence-electron chi connectivity index (χ0n) is 17.8. The fourth-order valence-corrected chi connectivity index (χ4v) is 5.01. The molecule has 0 radical (unpaired) electrons. The maximum absolute atomic E-state index is 14.3. The maximum atomic E-state index is 14.3. The molecule has 0 bridgehead atoms. The van der Waals surface area contributed by atoms with Crippen molar-refractivity contribution in [2.24, 2.45) is 0 Å². The second kappa shape index (κ2) is 9.45.